The molecule has 1 atom stereocenters. The van der Waals surface area contributed by atoms with Gasteiger partial charge in [-0.15, -0.1) is 0 Å². The molecule has 0 aromatic heterocycles. The third-order valence-corrected chi connectivity index (χ3v) is 4.11. The molecule has 0 aliphatic carbocycles. The fraction of sp³-hybridized carbons (Fsp3) is 0.375. The Bertz CT molecular complexity index is 606. The molecule has 1 fully saturated rings. The van der Waals surface area contributed by atoms with E-state index < -0.39 is 0 Å². The lowest BCUT2D eigenvalue weighted by atomic mass is 10.0. The second kappa shape index (κ2) is 4.78. The Morgan fingerprint density at radius 2 is 2.20 bits per heavy atom. The highest BCUT2D eigenvalue weighted by Gasteiger charge is 2.37. The summed E-state index contributed by atoms with van der Waals surface area (Å²) in [7, 11) is 0. The van der Waals surface area contributed by atoms with Crippen LogP contribution in [0.15, 0.2) is 30.5 Å². The van der Waals surface area contributed by atoms with Crippen LogP contribution in [0.25, 0.3) is 0 Å². The van der Waals surface area contributed by atoms with Gasteiger partial charge in [0, 0.05) is 17.8 Å². The molecule has 1 N–H and O–H groups in total. The van der Waals surface area contributed by atoms with Gasteiger partial charge in [0.2, 0.25) is 5.91 Å². The fourth-order valence-electron chi connectivity index (χ4n) is 2.90. The maximum absolute atomic E-state index is 12.5. The number of hydrogen-bond acceptors (Lipinski definition) is 2. The van der Waals surface area contributed by atoms with Gasteiger partial charge in [-0.2, -0.15) is 0 Å². The molecular weight excluding hydrogens is 252 g/mol. The minimum absolute atomic E-state index is 0.0250. The van der Waals surface area contributed by atoms with Crippen LogP contribution in [-0.4, -0.2) is 22.8 Å². The summed E-state index contributed by atoms with van der Waals surface area (Å²) >= 11 is 0. The average Bonchev–Trinajstić information content (AvgIpc) is 2.76. The predicted molar refractivity (Wildman–Crippen MR) is 76.0 cm³/mol. The lowest BCUT2D eigenvalue weighted by molar-refractivity contribution is -0.126. The SMILES string of the molecule is C=C1CCC(N2Cc3ccc(CC)cc3C2=O)C(=O)N1. The van der Waals surface area contributed by atoms with Crippen molar-refractivity contribution in [2.45, 2.75) is 38.8 Å². The molecule has 0 spiro atoms. The standard InChI is InChI=1S/C16H18N2O2/c1-3-11-5-6-12-9-18(16(20)13(12)8-11)14-7-4-10(2)17-15(14)19/h5-6,8,14H,2-4,7,9H2,1H3,(H,17,19). The number of hydrogen-bond donors (Lipinski definition) is 1. The summed E-state index contributed by atoms with van der Waals surface area (Å²) in [6.07, 6.45) is 2.30. The summed E-state index contributed by atoms with van der Waals surface area (Å²) in [4.78, 5) is 26.2. The lowest BCUT2D eigenvalue weighted by Gasteiger charge is -2.30. The number of carbonyl (C=O) groups is 2. The van der Waals surface area contributed by atoms with E-state index in [-0.39, 0.29) is 17.9 Å². The van der Waals surface area contributed by atoms with Gasteiger partial charge < -0.3 is 10.2 Å². The van der Waals surface area contributed by atoms with E-state index in [1.165, 1.54) is 0 Å². The summed E-state index contributed by atoms with van der Waals surface area (Å²) < 4.78 is 0. The number of amides is 2. The van der Waals surface area contributed by atoms with Crippen LogP contribution in [0.2, 0.25) is 0 Å². The average molecular weight is 270 g/mol. The molecule has 20 heavy (non-hydrogen) atoms. The van der Waals surface area contributed by atoms with Gasteiger partial charge >= 0.3 is 0 Å². The molecule has 1 saturated heterocycles. The summed E-state index contributed by atoms with van der Waals surface area (Å²) in [6, 6.07) is 5.65. The molecule has 1 unspecified atom stereocenters. The summed E-state index contributed by atoms with van der Waals surface area (Å²) in [5.41, 5.74) is 3.66. The van der Waals surface area contributed by atoms with Crippen molar-refractivity contribution in [2.75, 3.05) is 0 Å². The zero-order valence-electron chi connectivity index (χ0n) is 11.6. The monoisotopic (exact) mass is 270 g/mol. The molecule has 4 nitrogen and oxygen atoms in total. The highest BCUT2D eigenvalue weighted by atomic mass is 16.2. The number of aryl methyl sites for hydroxylation is 1. The maximum Gasteiger partial charge on any atom is 0.255 e. The topological polar surface area (TPSA) is 49.4 Å². The molecule has 1 aromatic carbocycles. The van der Waals surface area contributed by atoms with E-state index in [0.29, 0.717) is 13.0 Å². The molecular formula is C16H18N2O2. The molecule has 2 amide bonds. The van der Waals surface area contributed by atoms with Gasteiger partial charge in [0.1, 0.15) is 6.04 Å². The van der Waals surface area contributed by atoms with Crippen molar-refractivity contribution < 1.29 is 9.59 Å². The smallest absolute Gasteiger partial charge is 0.255 e. The van der Waals surface area contributed by atoms with Crippen LogP contribution in [-0.2, 0) is 17.8 Å². The van der Waals surface area contributed by atoms with E-state index in [1.54, 1.807) is 4.90 Å². The van der Waals surface area contributed by atoms with Crippen LogP contribution in [0.1, 0.15) is 41.3 Å². The fourth-order valence-corrected chi connectivity index (χ4v) is 2.90. The highest BCUT2D eigenvalue weighted by molar-refractivity contribution is 6.01. The molecule has 4 heteroatoms. The zero-order valence-corrected chi connectivity index (χ0v) is 11.6. The first-order valence-corrected chi connectivity index (χ1v) is 7.01. The minimum Gasteiger partial charge on any atom is -0.329 e. The zero-order chi connectivity index (χ0) is 14.3. The van der Waals surface area contributed by atoms with Crippen molar-refractivity contribution in [1.29, 1.82) is 0 Å². The van der Waals surface area contributed by atoms with Gasteiger partial charge in [0.25, 0.3) is 5.91 Å². The molecule has 1 aromatic rings. The number of nitrogens with zero attached hydrogens (tertiary/aromatic N) is 1. The Kier molecular flexibility index (Phi) is 3.08. The molecule has 0 radical (unpaired) electrons. The molecule has 0 bridgehead atoms. The van der Waals surface area contributed by atoms with E-state index in [2.05, 4.69) is 24.9 Å². The van der Waals surface area contributed by atoms with Gasteiger partial charge in [-0.05, 0) is 36.5 Å². The molecule has 3 rings (SSSR count). The van der Waals surface area contributed by atoms with Gasteiger partial charge in [-0.25, -0.2) is 0 Å². The Balaban J connectivity index is 1.86. The third-order valence-electron chi connectivity index (χ3n) is 4.11. The van der Waals surface area contributed by atoms with Crippen molar-refractivity contribution in [3.63, 3.8) is 0 Å². The molecule has 0 saturated carbocycles. The van der Waals surface area contributed by atoms with Crippen molar-refractivity contribution in [3.05, 3.63) is 47.2 Å². The third kappa shape index (κ3) is 2.01. The minimum atomic E-state index is -0.370. The van der Waals surface area contributed by atoms with Gasteiger partial charge in [0.15, 0.2) is 0 Å². The summed E-state index contributed by atoms with van der Waals surface area (Å²) in [5, 5.41) is 2.75. The Hall–Kier alpha value is -2.10. The van der Waals surface area contributed by atoms with Crippen LogP contribution in [0.3, 0.4) is 0 Å². The Morgan fingerprint density at radius 3 is 2.90 bits per heavy atom. The van der Waals surface area contributed by atoms with E-state index in [0.717, 1.165) is 35.2 Å². The molecule has 2 heterocycles. The number of fused-ring (bicyclic) bond motifs is 1. The van der Waals surface area contributed by atoms with Gasteiger partial charge in [0.05, 0.1) is 0 Å². The second-order valence-corrected chi connectivity index (χ2v) is 5.43. The molecule has 2 aliphatic heterocycles. The van der Waals surface area contributed by atoms with Crippen molar-refractivity contribution in [2.24, 2.45) is 0 Å². The maximum atomic E-state index is 12.5. The van der Waals surface area contributed by atoms with Crippen LogP contribution in [0.4, 0.5) is 0 Å². The van der Waals surface area contributed by atoms with Crippen molar-refractivity contribution >= 4 is 11.8 Å². The van der Waals surface area contributed by atoms with Gasteiger partial charge in [-0.1, -0.05) is 25.6 Å². The highest BCUT2D eigenvalue weighted by Crippen LogP contribution is 2.29. The van der Waals surface area contributed by atoms with E-state index in [9.17, 15) is 9.59 Å². The van der Waals surface area contributed by atoms with E-state index in [1.807, 2.05) is 12.1 Å². The first kappa shape index (κ1) is 12.9. The molecule has 104 valence electrons. The number of piperidine rings is 1. The normalized spacial score (nSPS) is 21.9. The van der Waals surface area contributed by atoms with Crippen LogP contribution in [0, 0.1) is 0 Å². The largest absolute Gasteiger partial charge is 0.329 e. The Labute approximate surface area is 118 Å². The van der Waals surface area contributed by atoms with Crippen molar-refractivity contribution in [1.82, 2.24) is 10.2 Å². The lowest BCUT2D eigenvalue weighted by Crippen LogP contribution is -2.49. The number of allylic oxidation sites excluding steroid dienone is 1. The quantitative estimate of drug-likeness (QED) is 0.893. The van der Waals surface area contributed by atoms with Crippen LogP contribution < -0.4 is 5.32 Å². The summed E-state index contributed by atoms with van der Waals surface area (Å²) in [5.74, 6) is -0.138. The second-order valence-electron chi connectivity index (χ2n) is 5.43. The van der Waals surface area contributed by atoms with Crippen LogP contribution >= 0.6 is 0 Å². The van der Waals surface area contributed by atoms with E-state index in [4.69, 9.17) is 0 Å². The number of nitrogens with one attached hydrogen (secondary N) is 1. The van der Waals surface area contributed by atoms with Crippen molar-refractivity contribution in [3.8, 4) is 0 Å². The number of benzene rings is 1. The first-order chi connectivity index (χ1) is 9.60. The number of carbonyl (C=O) groups excluding carboxylic acids is 2. The van der Waals surface area contributed by atoms with Gasteiger partial charge in [-0.3, -0.25) is 9.59 Å². The van der Waals surface area contributed by atoms with E-state index >= 15 is 0 Å². The summed E-state index contributed by atoms with van der Waals surface area (Å²) in [6.45, 7) is 6.37. The number of rotatable bonds is 2. The van der Waals surface area contributed by atoms with Crippen LogP contribution in [0.5, 0.6) is 0 Å². The molecule has 2 aliphatic rings. The predicted octanol–water partition coefficient (Wildman–Crippen LogP) is 2.00. The Morgan fingerprint density at radius 1 is 1.40 bits per heavy atom. The first-order valence-electron chi connectivity index (χ1n) is 7.01.